The van der Waals surface area contributed by atoms with E-state index in [4.69, 9.17) is 22.3 Å². The van der Waals surface area contributed by atoms with Crippen molar-refractivity contribution in [3.05, 3.63) is 34.6 Å². The first-order valence-corrected chi connectivity index (χ1v) is 13.0. The Morgan fingerprint density at radius 1 is 1.11 bits per heavy atom. The van der Waals surface area contributed by atoms with Gasteiger partial charge in [-0.25, -0.2) is 9.97 Å². The van der Waals surface area contributed by atoms with Crippen LogP contribution in [0.5, 0.6) is 0 Å². The Morgan fingerprint density at radius 2 is 1.94 bits per heavy atom. The van der Waals surface area contributed by atoms with Crippen LogP contribution in [0.2, 0.25) is 5.28 Å². The van der Waals surface area contributed by atoms with Gasteiger partial charge in [0.25, 0.3) is 0 Å². The molecule has 12 heteroatoms. The van der Waals surface area contributed by atoms with Crippen molar-refractivity contribution in [3.8, 4) is 5.82 Å². The normalized spacial score (nSPS) is 21.1. The zero-order chi connectivity index (χ0) is 24.3. The molecule has 2 aliphatic rings. The summed E-state index contributed by atoms with van der Waals surface area (Å²) in [5, 5.41) is 9.87. The van der Waals surface area contributed by atoms with E-state index < -0.39 is 0 Å². The van der Waals surface area contributed by atoms with Crippen LogP contribution in [0.4, 0.5) is 23.4 Å². The number of nitrogens with zero attached hydrogens (tertiary/aromatic N) is 8. The number of nitrogens with one attached hydrogen (secondary N) is 1. The van der Waals surface area contributed by atoms with Crippen LogP contribution in [-0.4, -0.2) is 65.8 Å². The summed E-state index contributed by atoms with van der Waals surface area (Å²) < 4.78 is 2.34. The minimum Gasteiger partial charge on any atom is -0.368 e. The van der Waals surface area contributed by atoms with Gasteiger partial charge in [-0.15, -0.1) is 16.4 Å². The highest BCUT2D eigenvalue weighted by Crippen LogP contribution is 2.34. The van der Waals surface area contributed by atoms with Crippen molar-refractivity contribution in [1.82, 2.24) is 34.6 Å². The molecule has 1 aliphatic carbocycles. The molecule has 6 rings (SSSR count). The molecule has 1 aliphatic heterocycles. The molecular weight excluding hydrogens is 484 g/mol. The second-order valence-corrected chi connectivity index (χ2v) is 10.5. The standard InChI is InChI=1S/C23H27ClN10S/c1-12-11-35-19-18(12)28-21(24)29-20(19)34-22(25)30-23(31-34)27-15-4-7-17(26-10-15)33-9-8-32(16-5-6-16)13(2)14(33)3/h4,7,10-11,13-14,16H,5-6,8-9H2,1-3H3,(H3,25,27,30,31)/t13-,14?/m0/s1. The minimum atomic E-state index is 0.139. The molecule has 1 unspecified atom stereocenters. The molecule has 0 spiro atoms. The summed E-state index contributed by atoms with van der Waals surface area (Å²) in [5.74, 6) is 2.05. The van der Waals surface area contributed by atoms with Crippen LogP contribution in [0.25, 0.3) is 16.0 Å². The summed E-state index contributed by atoms with van der Waals surface area (Å²) in [4.78, 5) is 22.8. The first kappa shape index (κ1) is 22.4. The van der Waals surface area contributed by atoms with Crippen molar-refractivity contribution in [2.45, 2.75) is 51.7 Å². The Bertz CT molecular complexity index is 1380. The van der Waals surface area contributed by atoms with Crippen molar-refractivity contribution in [2.24, 2.45) is 0 Å². The second kappa shape index (κ2) is 8.58. The molecular formula is C23H27ClN10S. The van der Waals surface area contributed by atoms with Crippen LogP contribution in [0.1, 0.15) is 32.3 Å². The predicted octanol–water partition coefficient (Wildman–Crippen LogP) is 4.02. The molecule has 4 aromatic rings. The lowest BCUT2D eigenvalue weighted by Crippen LogP contribution is -2.58. The Hall–Kier alpha value is -3.02. The lowest BCUT2D eigenvalue weighted by atomic mass is 10.0. The van der Waals surface area contributed by atoms with E-state index in [-0.39, 0.29) is 11.2 Å². The van der Waals surface area contributed by atoms with E-state index in [1.165, 1.54) is 28.9 Å². The molecule has 1 saturated heterocycles. The number of thiophene rings is 1. The summed E-state index contributed by atoms with van der Waals surface area (Å²) >= 11 is 7.69. The summed E-state index contributed by atoms with van der Waals surface area (Å²) in [6.07, 6.45) is 4.48. The minimum absolute atomic E-state index is 0.139. The van der Waals surface area contributed by atoms with Crippen molar-refractivity contribution in [1.29, 1.82) is 0 Å². The Labute approximate surface area is 212 Å². The highest BCUT2D eigenvalue weighted by molar-refractivity contribution is 7.17. The van der Waals surface area contributed by atoms with Gasteiger partial charge < -0.3 is 16.0 Å². The largest absolute Gasteiger partial charge is 0.368 e. The maximum atomic E-state index is 6.19. The van der Waals surface area contributed by atoms with Crippen molar-refractivity contribution in [2.75, 3.05) is 29.0 Å². The number of halogens is 1. The maximum absolute atomic E-state index is 6.19. The highest BCUT2D eigenvalue weighted by atomic mass is 35.5. The summed E-state index contributed by atoms with van der Waals surface area (Å²) in [5.41, 5.74) is 8.78. The maximum Gasteiger partial charge on any atom is 0.248 e. The third kappa shape index (κ3) is 4.07. The van der Waals surface area contributed by atoms with Gasteiger partial charge in [0.2, 0.25) is 17.2 Å². The van der Waals surface area contributed by atoms with Gasteiger partial charge in [-0.05, 0) is 68.3 Å². The molecule has 1 saturated carbocycles. The third-order valence-corrected chi connectivity index (χ3v) is 8.26. The first-order chi connectivity index (χ1) is 16.9. The lowest BCUT2D eigenvalue weighted by molar-refractivity contribution is 0.148. The van der Waals surface area contributed by atoms with Gasteiger partial charge in [-0.2, -0.15) is 14.6 Å². The number of nitrogens with two attached hydrogens (primary N) is 1. The van der Waals surface area contributed by atoms with Gasteiger partial charge in [0.15, 0.2) is 5.82 Å². The molecule has 0 aromatic carbocycles. The Kier molecular flexibility index (Phi) is 5.50. The number of aryl methyl sites for hydroxylation is 1. The molecule has 0 amide bonds. The molecule has 2 atom stereocenters. The van der Waals surface area contributed by atoms with Crippen LogP contribution in [-0.2, 0) is 0 Å². The van der Waals surface area contributed by atoms with Gasteiger partial charge in [0, 0.05) is 31.2 Å². The van der Waals surface area contributed by atoms with Crippen molar-refractivity contribution in [3.63, 3.8) is 0 Å². The first-order valence-electron chi connectivity index (χ1n) is 11.8. The number of fused-ring (bicyclic) bond motifs is 1. The number of aromatic nitrogens is 6. The van der Waals surface area contributed by atoms with Crippen molar-refractivity contribution >= 4 is 56.6 Å². The molecule has 0 bridgehead atoms. The molecule has 10 nitrogen and oxygen atoms in total. The number of nitrogen functional groups attached to an aromatic ring is 1. The highest BCUT2D eigenvalue weighted by Gasteiger charge is 2.39. The van der Waals surface area contributed by atoms with Crippen LogP contribution < -0.4 is 16.0 Å². The fraction of sp³-hybridized carbons (Fsp3) is 0.435. The molecule has 4 aromatic heterocycles. The number of pyridine rings is 1. The van der Waals surface area contributed by atoms with E-state index >= 15 is 0 Å². The zero-order valence-corrected chi connectivity index (χ0v) is 21.4. The Balaban J connectivity index is 1.21. The summed E-state index contributed by atoms with van der Waals surface area (Å²) in [7, 11) is 0. The molecule has 182 valence electrons. The van der Waals surface area contributed by atoms with E-state index in [1.807, 2.05) is 24.4 Å². The summed E-state index contributed by atoms with van der Waals surface area (Å²) in [6, 6.07) is 5.74. The van der Waals surface area contributed by atoms with Crippen LogP contribution >= 0.6 is 22.9 Å². The van der Waals surface area contributed by atoms with Crippen LogP contribution in [0, 0.1) is 6.92 Å². The van der Waals surface area contributed by atoms with Gasteiger partial charge in [-0.3, -0.25) is 4.90 Å². The smallest absolute Gasteiger partial charge is 0.248 e. The number of hydrogen-bond donors (Lipinski definition) is 2. The molecule has 5 heterocycles. The quantitative estimate of drug-likeness (QED) is 0.384. The summed E-state index contributed by atoms with van der Waals surface area (Å²) in [6.45, 7) is 8.67. The molecule has 35 heavy (non-hydrogen) atoms. The number of anilines is 4. The molecule has 2 fully saturated rings. The zero-order valence-electron chi connectivity index (χ0n) is 19.8. The number of rotatable bonds is 5. The fourth-order valence-electron chi connectivity index (χ4n) is 4.84. The second-order valence-electron chi connectivity index (χ2n) is 9.29. The topological polar surface area (TPSA) is 114 Å². The average Bonchev–Trinajstić information content (AvgIpc) is 3.53. The SMILES string of the molecule is Cc1csc2c(-n3nc(Nc4ccc(N5CCN(C6CC6)[C@@H](C)C5C)nc4)nc3N)nc(Cl)nc12. The fourth-order valence-corrected chi connectivity index (χ4v) is 5.97. The van der Waals surface area contributed by atoms with E-state index in [9.17, 15) is 0 Å². The molecule has 3 N–H and O–H groups in total. The van der Waals surface area contributed by atoms with E-state index in [1.54, 1.807) is 6.20 Å². The van der Waals surface area contributed by atoms with E-state index in [0.717, 1.165) is 46.4 Å². The lowest BCUT2D eigenvalue weighted by Gasteiger charge is -2.45. The van der Waals surface area contributed by atoms with E-state index in [0.29, 0.717) is 23.8 Å². The predicted molar refractivity (Wildman–Crippen MR) is 140 cm³/mol. The number of hydrogen-bond acceptors (Lipinski definition) is 10. The van der Waals surface area contributed by atoms with Gasteiger partial charge in [-0.1, -0.05) is 0 Å². The van der Waals surface area contributed by atoms with Gasteiger partial charge in [0.05, 0.1) is 22.1 Å². The third-order valence-electron chi connectivity index (χ3n) is 7.01. The molecule has 0 radical (unpaired) electrons. The van der Waals surface area contributed by atoms with E-state index in [2.05, 4.69) is 49.0 Å². The van der Waals surface area contributed by atoms with Gasteiger partial charge >= 0.3 is 0 Å². The van der Waals surface area contributed by atoms with Crippen LogP contribution in [0.3, 0.4) is 0 Å². The Morgan fingerprint density at radius 3 is 2.69 bits per heavy atom. The monoisotopic (exact) mass is 510 g/mol. The van der Waals surface area contributed by atoms with Gasteiger partial charge in [0.1, 0.15) is 5.82 Å². The van der Waals surface area contributed by atoms with Crippen LogP contribution in [0.15, 0.2) is 23.7 Å². The number of piperazine rings is 1. The average molecular weight is 511 g/mol. The van der Waals surface area contributed by atoms with Crippen molar-refractivity contribution < 1.29 is 0 Å².